The SMILES string of the molecule is Cc1c([C@@H](C)NC(=O)[C@@H]2CC[C@H](CNC(=O)OC(C)(C)C)O2)cnn1C. The quantitative estimate of drug-likeness (QED) is 0.831. The molecule has 8 heteroatoms. The number of aromatic nitrogens is 2. The number of ether oxygens (including phenoxy) is 2. The summed E-state index contributed by atoms with van der Waals surface area (Å²) in [6.07, 6.45) is 1.95. The van der Waals surface area contributed by atoms with Gasteiger partial charge in [-0.2, -0.15) is 5.10 Å². The van der Waals surface area contributed by atoms with Gasteiger partial charge in [0.15, 0.2) is 0 Å². The summed E-state index contributed by atoms with van der Waals surface area (Å²) in [6.45, 7) is 9.66. The maximum Gasteiger partial charge on any atom is 0.407 e. The highest BCUT2D eigenvalue weighted by molar-refractivity contribution is 5.81. The molecule has 1 saturated heterocycles. The molecule has 2 amide bonds. The van der Waals surface area contributed by atoms with Crippen LogP contribution in [0.4, 0.5) is 4.79 Å². The third-order valence-corrected chi connectivity index (χ3v) is 4.37. The monoisotopic (exact) mass is 366 g/mol. The second-order valence-corrected chi connectivity index (χ2v) is 7.75. The van der Waals surface area contributed by atoms with E-state index in [0.717, 1.165) is 11.3 Å². The van der Waals surface area contributed by atoms with E-state index in [0.29, 0.717) is 19.4 Å². The standard InChI is InChI=1S/C18H30N4O4/c1-11(14-10-20-22(6)12(14)2)21-16(23)15-8-7-13(25-15)9-19-17(24)26-18(3,4)5/h10-11,13,15H,7-9H2,1-6H3,(H,19,24)(H,21,23)/t11-,13-,15+/m1/s1. The largest absolute Gasteiger partial charge is 0.444 e. The molecule has 0 unspecified atom stereocenters. The van der Waals surface area contributed by atoms with Crippen molar-refractivity contribution >= 4 is 12.0 Å². The Labute approximate surface area is 154 Å². The molecule has 2 N–H and O–H groups in total. The van der Waals surface area contributed by atoms with Crippen LogP contribution in [0.15, 0.2) is 6.20 Å². The Kier molecular flexibility index (Phi) is 6.28. The highest BCUT2D eigenvalue weighted by Gasteiger charge is 2.32. The van der Waals surface area contributed by atoms with E-state index in [9.17, 15) is 9.59 Å². The van der Waals surface area contributed by atoms with E-state index in [-0.39, 0.29) is 18.1 Å². The molecule has 1 fully saturated rings. The number of nitrogens with one attached hydrogen (secondary N) is 2. The van der Waals surface area contributed by atoms with Crippen LogP contribution in [0.25, 0.3) is 0 Å². The zero-order chi connectivity index (χ0) is 19.5. The van der Waals surface area contributed by atoms with Crippen molar-refractivity contribution in [3.8, 4) is 0 Å². The van der Waals surface area contributed by atoms with Gasteiger partial charge in [0.2, 0.25) is 5.91 Å². The number of amides is 2. The molecule has 2 rings (SSSR count). The molecule has 0 spiro atoms. The lowest BCUT2D eigenvalue weighted by atomic mass is 10.1. The van der Waals surface area contributed by atoms with Crippen molar-refractivity contribution in [2.75, 3.05) is 6.54 Å². The summed E-state index contributed by atoms with van der Waals surface area (Å²) < 4.78 is 12.7. The van der Waals surface area contributed by atoms with E-state index in [1.165, 1.54) is 0 Å². The molecule has 0 aliphatic carbocycles. The zero-order valence-electron chi connectivity index (χ0n) is 16.5. The normalized spacial score (nSPS) is 21.3. The molecule has 0 saturated carbocycles. The van der Waals surface area contributed by atoms with Gasteiger partial charge in [-0.3, -0.25) is 9.48 Å². The molecule has 1 aliphatic rings. The van der Waals surface area contributed by atoms with E-state index in [2.05, 4.69) is 15.7 Å². The van der Waals surface area contributed by atoms with Crippen LogP contribution in [0.2, 0.25) is 0 Å². The first-order chi connectivity index (χ1) is 12.1. The van der Waals surface area contributed by atoms with E-state index in [1.54, 1.807) is 10.9 Å². The highest BCUT2D eigenvalue weighted by atomic mass is 16.6. The van der Waals surface area contributed by atoms with Crippen LogP contribution in [0, 0.1) is 6.92 Å². The van der Waals surface area contributed by atoms with Crippen molar-refractivity contribution in [3.63, 3.8) is 0 Å². The zero-order valence-corrected chi connectivity index (χ0v) is 16.5. The Hall–Kier alpha value is -2.09. The lowest BCUT2D eigenvalue weighted by molar-refractivity contribution is -0.132. The number of alkyl carbamates (subject to hydrolysis) is 1. The van der Waals surface area contributed by atoms with Crippen LogP contribution in [0.5, 0.6) is 0 Å². The maximum absolute atomic E-state index is 12.4. The molecule has 146 valence electrons. The Bertz CT molecular complexity index is 650. The minimum atomic E-state index is -0.538. The smallest absolute Gasteiger partial charge is 0.407 e. The summed E-state index contributed by atoms with van der Waals surface area (Å²) in [4.78, 5) is 24.1. The second kappa shape index (κ2) is 8.07. The van der Waals surface area contributed by atoms with Crippen molar-refractivity contribution in [1.82, 2.24) is 20.4 Å². The third-order valence-electron chi connectivity index (χ3n) is 4.37. The van der Waals surface area contributed by atoms with Gasteiger partial charge >= 0.3 is 6.09 Å². The predicted octanol–water partition coefficient (Wildman–Crippen LogP) is 1.98. The van der Waals surface area contributed by atoms with Crippen LogP contribution in [-0.4, -0.2) is 46.1 Å². The average Bonchev–Trinajstić information content (AvgIpc) is 3.11. The lowest BCUT2D eigenvalue weighted by Gasteiger charge is -2.21. The van der Waals surface area contributed by atoms with Gasteiger partial charge < -0.3 is 20.1 Å². The topological polar surface area (TPSA) is 94.5 Å². The Morgan fingerprint density at radius 1 is 1.42 bits per heavy atom. The fraction of sp³-hybridized carbons (Fsp3) is 0.722. The lowest BCUT2D eigenvalue weighted by Crippen LogP contribution is -2.39. The van der Waals surface area contributed by atoms with Gasteiger partial charge in [0.05, 0.1) is 18.3 Å². The third kappa shape index (κ3) is 5.45. The van der Waals surface area contributed by atoms with Gasteiger partial charge in [-0.25, -0.2) is 4.79 Å². The van der Waals surface area contributed by atoms with Crippen LogP contribution in [0.3, 0.4) is 0 Å². The van der Waals surface area contributed by atoms with Gasteiger partial charge in [0, 0.05) is 24.8 Å². The maximum atomic E-state index is 12.4. The molecule has 1 aliphatic heterocycles. The molecule has 0 radical (unpaired) electrons. The fourth-order valence-electron chi connectivity index (χ4n) is 2.88. The van der Waals surface area contributed by atoms with Crippen LogP contribution in [-0.2, 0) is 21.3 Å². The number of carbonyl (C=O) groups excluding carboxylic acids is 2. The Morgan fingerprint density at radius 2 is 2.12 bits per heavy atom. The summed E-state index contributed by atoms with van der Waals surface area (Å²) in [5, 5.41) is 9.87. The first kappa shape index (κ1) is 20.2. The fourth-order valence-corrected chi connectivity index (χ4v) is 2.88. The van der Waals surface area contributed by atoms with Gasteiger partial charge in [0.25, 0.3) is 0 Å². The first-order valence-electron chi connectivity index (χ1n) is 8.98. The minimum absolute atomic E-state index is 0.138. The van der Waals surface area contributed by atoms with Gasteiger partial charge in [-0.15, -0.1) is 0 Å². The number of carbonyl (C=O) groups is 2. The number of hydrogen-bond donors (Lipinski definition) is 2. The van der Waals surface area contributed by atoms with Crippen molar-refractivity contribution < 1.29 is 19.1 Å². The van der Waals surface area contributed by atoms with E-state index in [1.807, 2.05) is 41.7 Å². The molecular formula is C18H30N4O4. The molecule has 2 heterocycles. The van der Waals surface area contributed by atoms with Gasteiger partial charge in [-0.1, -0.05) is 0 Å². The highest BCUT2D eigenvalue weighted by Crippen LogP contribution is 2.22. The van der Waals surface area contributed by atoms with Crippen molar-refractivity contribution in [2.24, 2.45) is 7.05 Å². The van der Waals surface area contributed by atoms with Crippen molar-refractivity contribution in [3.05, 3.63) is 17.5 Å². The Balaban J connectivity index is 1.78. The van der Waals surface area contributed by atoms with Gasteiger partial charge in [-0.05, 0) is 47.5 Å². The van der Waals surface area contributed by atoms with Crippen LogP contribution >= 0.6 is 0 Å². The number of hydrogen-bond acceptors (Lipinski definition) is 5. The minimum Gasteiger partial charge on any atom is -0.444 e. The van der Waals surface area contributed by atoms with E-state index < -0.39 is 17.8 Å². The number of rotatable bonds is 5. The molecule has 0 aromatic carbocycles. The summed E-state index contributed by atoms with van der Waals surface area (Å²) >= 11 is 0. The second-order valence-electron chi connectivity index (χ2n) is 7.75. The van der Waals surface area contributed by atoms with E-state index >= 15 is 0 Å². The molecule has 3 atom stereocenters. The van der Waals surface area contributed by atoms with E-state index in [4.69, 9.17) is 9.47 Å². The summed E-state index contributed by atoms with van der Waals surface area (Å²) in [5.74, 6) is -0.138. The number of aryl methyl sites for hydroxylation is 1. The first-order valence-corrected chi connectivity index (χ1v) is 8.98. The molecule has 8 nitrogen and oxygen atoms in total. The molecule has 0 bridgehead atoms. The molecule has 1 aromatic rings. The van der Waals surface area contributed by atoms with Gasteiger partial charge in [0.1, 0.15) is 11.7 Å². The molecule has 1 aromatic heterocycles. The Morgan fingerprint density at radius 3 is 2.69 bits per heavy atom. The predicted molar refractivity (Wildman–Crippen MR) is 96.6 cm³/mol. The summed E-state index contributed by atoms with van der Waals surface area (Å²) in [6, 6.07) is -0.140. The van der Waals surface area contributed by atoms with Crippen molar-refractivity contribution in [1.29, 1.82) is 0 Å². The number of nitrogens with zero attached hydrogens (tertiary/aromatic N) is 2. The van der Waals surface area contributed by atoms with Crippen LogP contribution < -0.4 is 10.6 Å². The molecular weight excluding hydrogens is 336 g/mol. The van der Waals surface area contributed by atoms with Crippen molar-refractivity contribution in [2.45, 2.75) is 71.3 Å². The summed E-state index contributed by atoms with van der Waals surface area (Å²) in [7, 11) is 1.87. The summed E-state index contributed by atoms with van der Waals surface area (Å²) in [5.41, 5.74) is 1.47. The average molecular weight is 366 g/mol. The van der Waals surface area contributed by atoms with Crippen LogP contribution in [0.1, 0.15) is 57.8 Å². The molecule has 26 heavy (non-hydrogen) atoms.